The molecule has 0 spiro atoms. The molecule has 0 unspecified atom stereocenters. The smallest absolute Gasteiger partial charge is 0.255 e. The van der Waals surface area contributed by atoms with Crippen molar-refractivity contribution in [3.8, 4) is 5.75 Å². The van der Waals surface area contributed by atoms with Gasteiger partial charge >= 0.3 is 0 Å². The molecule has 1 fully saturated rings. The zero-order valence-electron chi connectivity index (χ0n) is 20.2. The highest BCUT2D eigenvalue weighted by atomic mass is 35.5. The number of hydrogen-bond donors (Lipinski definition) is 1. The molecule has 1 heterocycles. The number of carbonyl (C=O) groups excluding carboxylic acids is 2. The van der Waals surface area contributed by atoms with Crippen molar-refractivity contribution in [1.29, 1.82) is 0 Å². The first-order chi connectivity index (χ1) is 15.6. The van der Waals surface area contributed by atoms with Crippen LogP contribution in [0.5, 0.6) is 5.75 Å². The molecule has 0 aliphatic carbocycles. The van der Waals surface area contributed by atoms with E-state index in [4.69, 9.17) is 16.3 Å². The first-order valence-corrected chi connectivity index (χ1v) is 11.9. The molecule has 1 aliphatic rings. The second-order valence-electron chi connectivity index (χ2n) is 9.51. The number of hydrogen-bond acceptors (Lipinski definition) is 4. The minimum absolute atomic E-state index is 0.0862. The summed E-state index contributed by atoms with van der Waals surface area (Å²) in [6, 6.07) is 12.7. The molecule has 1 saturated heterocycles. The Labute approximate surface area is 201 Å². The van der Waals surface area contributed by atoms with Crippen molar-refractivity contribution in [3.05, 3.63) is 53.1 Å². The molecule has 0 bridgehead atoms. The van der Waals surface area contributed by atoms with Gasteiger partial charge in [0.1, 0.15) is 5.75 Å². The van der Waals surface area contributed by atoms with E-state index in [1.807, 2.05) is 56.9 Å². The summed E-state index contributed by atoms with van der Waals surface area (Å²) < 4.78 is 5.82. The van der Waals surface area contributed by atoms with Crippen LogP contribution in [0.25, 0.3) is 0 Å². The van der Waals surface area contributed by atoms with Crippen molar-refractivity contribution in [1.82, 2.24) is 4.90 Å². The Kier molecular flexibility index (Phi) is 7.90. The van der Waals surface area contributed by atoms with Crippen LogP contribution in [0.2, 0.25) is 5.02 Å². The number of carbonyl (C=O) groups is 2. The number of halogens is 1. The molecule has 2 aromatic carbocycles. The molecule has 3 rings (SSSR count). The van der Waals surface area contributed by atoms with E-state index in [1.54, 1.807) is 18.2 Å². The molecule has 2 aromatic rings. The fourth-order valence-electron chi connectivity index (χ4n) is 3.70. The summed E-state index contributed by atoms with van der Waals surface area (Å²) in [5, 5.41) is 3.48. The monoisotopic (exact) mass is 471 g/mol. The maximum atomic E-state index is 12.7. The summed E-state index contributed by atoms with van der Waals surface area (Å²) in [6.07, 6.45) is 0.978. The molecule has 6 nitrogen and oxygen atoms in total. The van der Waals surface area contributed by atoms with Crippen LogP contribution >= 0.6 is 11.6 Å². The predicted molar refractivity (Wildman–Crippen MR) is 134 cm³/mol. The highest BCUT2D eigenvalue weighted by Gasteiger charge is 2.30. The van der Waals surface area contributed by atoms with Crippen molar-refractivity contribution in [2.45, 2.75) is 47.1 Å². The van der Waals surface area contributed by atoms with Gasteiger partial charge in [-0.2, -0.15) is 0 Å². The first-order valence-electron chi connectivity index (χ1n) is 11.5. The summed E-state index contributed by atoms with van der Waals surface area (Å²) in [4.78, 5) is 29.4. The van der Waals surface area contributed by atoms with E-state index in [0.717, 1.165) is 25.2 Å². The van der Waals surface area contributed by atoms with E-state index in [2.05, 4.69) is 17.1 Å². The van der Waals surface area contributed by atoms with Gasteiger partial charge in [0.2, 0.25) is 5.91 Å². The maximum Gasteiger partial charge on any atom is 0.255 e. The summed E-state index contributed by atoms with van der Waals surface area (Å²) in [7, 11) is 0. The molecular weight excluding hydrogens is 438 g/mol. The van der Waals surface area contributed by atoms with Gasteiger partial charge in [-0.15, -0.1) is 0 Å². The lowest BCUT2D eigenvalue weighted by molar-refractivity contribution is -0.139. The number of piperazine rings is 1. The third kappa shape index (κ3) is 6.41. The van der Waals surface area contributed by atoms with E-state index in [-0.39, 0.29) is 23.3 Å². The Morgan fingerprint density at radius 2 is 1.79 bits per heavy atom. The molecular formula is C26H34ClN3O3. The summed E-state index contributed by atoms with van der Waals surface area (Å²) in [5.41, 5.74) is 1.68. The van der Waals surface area contributed by atoms with E-state index in [9.17, 15) is 9.59 Å². The van der Waals surface area contributed by atoms with Crippen LogP contribution in [-0.2, 0) is 4.79 Å². The largest absolute Gasteiger partial charge is 0.491 e. The number of amides is 2. The van der Waals surface area contributed by atoms with Gasteiger partial charge in [0, 0.05) is 42.8 Å². The lowest BCUT2D eigenvalue weighted by Gasteiger charge is -2.39. The molecule has 1 atom stereocenters. The van der Waals surface area contributed by atoms with Crippen LogP contribution in [-0.4, -0.2) is 49.0 Å². The third-order valence-corrected chi connectivity index (χ3v) is 6.07. The van der Waals surface area contributed by atoms with Gasteiger partial charge in [-0.05, 0) is 49.7 Å². The molecule has 33 heavy (non-hydrogen) atoms. The Morgan fingerprint density at radius 3 is 2.39 bits per heavy atom. The quantitative estimate of drug-likeness (QED) is 0.607. The number of nitrogens with one attached hydrogen (secondary N) is 1. The Balaban J connectivity index is 1.63. The fraction of sp³-hybridized carbons (Fsp3) is 0.462. The minimum Gasteiger partial charge on any atom is -0.491 e. The molecule has 178 valence electrons. The van der Waals surface area contributed by atoms with E-state index in [0.29, 0.717) is 35.1 Å². The first kappa shape index (κ1) is 24.9. The number of benzene rings is 2. The van der Waals surface area contributed by atoms with Crippen LogP contribution in [0.3, 0.4) is 0 Å². The lowest BCUT2D eigenvalue weighted by Crippen LogP contribution is -2.51. The van der Waals surface area contributed by atoms with Crippen LogP contribution in [0.15, 0.2) is 42.5 Å². The van der Waals surface area contributed by atoms with Crippen molar-refractivity contribution in [2.75, 3.05) is 36.4 Å². The van der Waals surface area contributed by atoms with Gasteiger partial charge in [0.15, 0.2) is 0 Å². The standard InChI is InChI=1S/C26H34ClN3O3/c1-6-18(2)33-21-9-7-8-19(16-21)24(31)28-20-10-11-23(22(27)17-20)29-12-14-30(15-13-29)25(32)26(3,4)5/h7-11,16-18H,6,12-15H2,1-5H3,(H,28,31)/t18-/m1/s1. The second kappa shape index (κ2) is 10.5. The summed E-state index contributed by atoms with van der Waals surface area (Å²) >= 11 is 6.57. The second-order valence-corrected chi connectivity index (χ2v) is 9.92. The zero-order valence-corrected chi connectivity index (χ0v) is 20.9. The highest BCUT2D eigenvalue weighted by Crippen LogP contribution is 2.30. The van der Waals surface area contributed by atoms with Crippen molar-refractivity contribution in [3.63, 3.8) is 0 Å². The SMILES string of the molecule is CC[C@@H](C)Oc1cccc(C(=O)Nc2ccc(N3CCN(C(=O)C(C)(C)C)CC3)c(Cl)c2)c1. The number of anilines is 2. The van der Waals surface area contributed by atoms with Crippen molar-refractivity contribution >= 4 is 34.8 Å². The number of rotatable bonds is 6. The maximum absolute atomic E-state index is 12.7. The molecule has 1 N–H and O–H groups in total. The molecule has 1 aliphatic heterocycles. The molecule has 0 aromatic heterocycles. The van der Waals surface area contributed by atoms with Crippen LogP contribution in [0.1, 0.15) is 51.4 Å². The van der Waals surface area contributed by atoms with E-state index in [1.165, 1.54) is 0 Å². The normalized spacial score (nSPS) is 15.2. The zero-order chi connectivity index (χ0) is 24.2. The number of ether oxygens (including phenoxy) is 1. The van der Waals surface area contributed by atoms with Crippen LogP contribution in [0, 0.1) is 5.41 Å². The van der Waals surface area contributed by atoms with Gasteiger partial charge in [-0.3, -0.25) is 9.59 Å². The van der Waals surface area contributed by atoms with Gasteiger partial charge in [0.25, 0.3) is 5.91 Å². The van der Waals surface area contributed by atoms with Gasteiger partial charge in [0.05, 0.1) is 16.8 Å². The molecule has 0 radical (unpaired) electrons. The Bertz CT molecular complexity index is 995. The highest BCUT2D eigenvalue weighted by molar-refractivity contribution is 6.33. The molecule has 2 amide bonds. The molecule has 7 heteroatoms. The minimum atomic E-state index is -0.375. The topological polar surface area (TPSA) is 61.9 Å². The van der Waals surface area contributed by atoms with Crippen LogP contribution < -0.4 is 15.0 Å². The van der Waals surface area contributed by atoms with Crippen molar-refractivity contribution in [2.24, 2.45) is 5.41 Å². The Morgan fingerprint density at radius 1 is 1.09 bits per heavy atom. The summed E-state index contributed by atoms with van der Waals surface area (Å²) in [6.45, 7) is 12.7. The average molecular weight is 472 g/mol. The van der Waals surface area contributed by atoms with Crippen LogP contribution in [0.4, 0.5) is 11.4 Å². The van der Waals surface area contributed by atoms with E-state index >= 15 is 0 Å². The van der Waals surface area contributed by atoms with E-state index < -0.39 is 0 Å². The van der Waals surface area contributed by atoms with Gasteiger partial charge in [-0.1, -0.05) is 45.4 Å². The molecule has 0 saturated carbocycles. The third-order valence-electron chi connectivity index (χ3n) is 5.76. The Hall–Kier alpha value is -2.73. The van der Waals surface area contributed by atoms with Gasteiger partial charge < -0.3 is 19.9 Å². The summed E-state index contributed by atoms with van der Waals surface area (Å²) in [5.74, 6) is 0.627. The van der Waals surface area contributed by atoms with Crippen molar-refractivity contribution < 1.29 is 14.3 Å². The van der Waals surface area contributed by atoms with Gasteiger partial charge in [-0.25, -0.2) is 0 Å². The predicted octanol–water partition coefficient (Wildman–Crippen LogP) is 5.46. The average Bonchev–Trinajstić information content (AvgIpc) is 2.78. The lowest BCUT2D eigenvalue weighted by atomic mass is 9.94. The number of nitrogens with zero attached hydrogens (tertiary/aromatic N) is 2. The fourth-order valence-corrected chi connectivity index (χ4v) is 4.00.